The summed E-state index contributed by atoms with van der Waals surface area (Å²) in [5.41, 5.74) is 0. The van der Waals surface area contributed by atoms with Gasteiger partial charge in [0, 0.05) is 52.2 Å². The summed E-state index contributed by atoms with van der Waals surface area (Å²) in [5.74, 6) is 2.13. The number of rotatable bonds is 7. The number of amides is 1. The minimum atomic E-state index is -0.0135. The van der Waals surface area contributed by atoms with Crippen LogP contribution in [0.3, 0.4) is 0 Å². The van der Waals surface area contributed by atoms with Crippen molar-refractivity contribution in [2.24, 2.45) is 10.9 Å². The first-order valence-electron chi connectivity index (χ1n) is 9.38. The Morgan fingerprint density at radius 1 is 1.41 bits per heavy atom. The maximum Gasteiger partial charge on any atom is 0.243 e. The minimum absolute atomic E-state index is 0. The molecule has 1 fully saturated rings. The molecule has 2 unspecified atom stereocenters. The predicted octanol–water partition coefficient (Wildman–Crippen LogP) is 1.79. The number of halogens is 1. The molecule has 1 saturated heterocycles. The second kappa shape index (κ2) is 11.5. The lowest BCUT2D eigenvalue weighted by Crippen LogP contribution is -2.47. The van der Waals surface area contributed by atoms with Crippen molar-refractivity contribution in [3.8, 4) is 0 Å². The second-order valence-electron chi connectivity index (χ2n) is 7.48. The predicted molar refractivity (Wildman–Crippen MR) is 120 cm³/mol. The highest BCUT2D eigenvalue weighted by Gasteiger charge is 2.31. The molecule has 8 heteroatoms. The number of likely N-dealkylation sites (N-methyl/N-ethyl adjacent to an activating group) is 1. The zero-order valence-electron chi connectivity index (χ0n) is 17.1. The molecule has 0 bridgehead atoms. The smallest absolute Gasteiger partial charge is 0.243 e. The molecule has 154 valence electrons. The molecule has 0 spiro atoms. The summed E-state index contributed by atoms with van der Waals surface area (Å²) in [4.78, 5) is 20.4. The summed E-state index contributed by atoms with van der Waals surface area (Å²) < 4.78 is 5.37. The Balaban J connectivity index is 0.00000364. The van der Waals surface area contributed by atoms with Gasteiger partial charge in [-0.1, -0.05) is 6.92 Å². The van der Waals surface area contributed by atoms with Crippen LogP contribution in [-0.4, -0.2) is 74.0 Å². The number of furan rings is 1. The summed E-state index contributed by atoms with van der Waals surface area (Å²) in [6, 6.07) is 4.70. The standard InChI is InChI=1S/C19H33N5O2.HI/c1-14(2)24-12-15(3)17(13-24)22-19(21-11-18(25)23(4)5)20-9-8-16-7-6-10-26-16;/h6-7,10,14-15,17H,8-9,11-13H2,1-5H3,(H2,20,21,22);1H. The van der Waals surface area contributed by atoms with Crippen LogP contribution in [-0.2, 0) is 11.2 Å². The van der Waals surface area contributed by atoms with Gasteiger partial charge in [-0.2, -0.15) is 0 Å². The number of guanidine groups is 1. The fourth-order valence-corrected chi connectivity index (χ4v) is 2.99. The average Bonchev–Trinajstić information content (AvgIpc) is 3.22. The highest BCUT2D eigenvalue weighted by Crippen LogP contribution is 2.18. The topological polar surface area (TPSA) is 73.1 Å². The molecule has 2 heterocycles. The molecule has 1 aliphatic heterocycles. The Morgan fingerprint density at radius 2 is 2.15 bits per heavy atom. The van der Waals surface area contributed by atoms with Crippen molar-refractivity contribution in [1.82, 2.24) is 20.4 Å². The van der Waals surface area contributed by atoms with Crippen LogP contribution in [0.4, 0.5) is 0 Å². The van der Waals surface area contributed by atoms with Crippen LogP contribution in [0.25, 0.3) is 0 Å². The van der Waals surface area contributed by atoms with Crippen molar-refractivity contribution in [2.75, 3.05) is 40.3 Å². The molecule has 0 radical (unpaired) electrons. The Kier molecular flexibility index (Phi) is 10.1. The number of hydrogen-bond donors (Lipinski definition) is 2. The highest BCUT2D eigenvalue weighted by molar-refractivity contribution is 14.0. The first-order chi connectivity index (χ1) is 12.4. The van der Waals surface area contributed by atoms with Crippen LogP contribution in [0, 0.1) is 5.92 Å². The average molecular weight is 491 g/mol. The van der Waals surface area contributed by atoms with E-state index in [1.54, 1.807) is 25.3 Å². The van der Waals surface area contributed by atoms with Gasteiger partial charge in [-0.15, -0.1) is 24.0 Å². The van der Waals surface area contributed by atoms with Gasteiger partial charge in [0.15, 0.2) is 5.96 Å². The monoisotopic (exact) mass is 491 g/mol. The number of nitrogens with zero attached hydrogens (tertiary/aromatic N) is 3. The third-order valence-electron chi connectivity index (χ3n) is 4.81. The van der Waals surface area contributed by atoms with Gasteiger partial charge in [-0.05, 0) is 31.9 Å². The first-order valence-corrected chi connectivity index (χ1v) is 9.38. The van der Waals surface area contributed by atoms with E-state index in [2.05, 4.69) is 41.3 Å². The van der Waals surface area contributed by atoms with E-state index in [1.807, 2.05) is 12.1 Å². The van der Waals surface area contributed by atoms with E-state index in [4.69, 9.17) is 4.42 Å². The molecule has 0 aliphatic carbocycles. The van der Waals surface area contributed by atoms with E-state index < -0.39 is 0 Å². The van der Waals surface area contributed by atoms with Crippen molar-refractivity contribution in [3.05, 3.63) is 24.2 Å². The van der Waals surface area contributed by atoms with Crippen LogP contribution in [0.2, 0.25) is 0 Å². The molecule has 0 aromatic carbocycles. The van der Waals surface area contributed by atoms with Crippen LogP contribution in [0.15, 0.2) is 27.8 Å². The molecule has 0 saturated carbocycles. The number of likely N-dealkylation sites (tertiary alicyclic amines) is 1. The molecule has 1 aromatic heterocycles. The SMILES string of the molecule is CC1CN(C(C)C)CC1NC(=NCC(=O)N(C)C)NCCc1ccco1.I. The van der Waals surface area contributed by atoms with E-state index >= 15 is 0 Å². The maximum absolute atomic E-state index is 11.9. The van der Waals surface area contributed by atoms with Gasteiger partial charge in [0.1, 0.15) is 12.3 Å². The molecule has 1 aromatic rings. The van der Waals surface area contributed by atoms with Gasteiger partial charge in [0.05, 0.1) is 6.26 Å². The Labute approximate surface area is 180 Å². The van der Waals surface area contributed by atoms with Crippen LogP contribution in [0.1, 0.15) is 26.5 Å². The largest absolute Gasteiger partial charge is 0.469 e. The van der Waals surface area contributed by atoms with Gasteiger partial charge in [0.2, 0.25) is 5.91 Å². The van der Waals surface area contributed by atoms with Gasteiger partial charge in [-0.25, -0.2) is 4.99 Å². The Bertz CT molecular complexity index is 589. The van der Waals surface area contributed by atoms with E-state index in [1.165, 1.54) is 0 Å². The lowest BCUT2D eigenvalue weighted by molar-refractivity contribution is -0.127. The fraction of sp³-hybridized carbons (Fsp3) is 0.684. The van der Waals surface area contributed by atoms with E-state index in [0.29, 0.717) is 30.5 Å². The van der Waals surface area contributed by atoms with Crippen molar-refractivity contribution in [2.45, 2.75) is 39.3 Å². The summed E-state index contributed by atoms with van der Waals surface area (Å²) in [5, 5.41) is 6.85. The molecule has 2 N–H and O–H groups in total. The Morgan fingerprint density at radius 3 is 2.70 bits per heavy atom. The quantitative estimate of drug-likeness (QED) is 0.346. The van der Waals surface area contributed by atoms with E-state index in [0.717, 1.165) is 25.3 Å². The van der Waals surface area contributed by atoms with Gasteiger partial charge in [-0.3, -0.25) is 9.69 Å². The molecular formula is C19H34IN5O2. The summed E-state index contributed by atoms with van der Waals surface area (Å²) in [6.07, 6.45) is 2.45. The Hall–Kier alpha value is -1.29. The van der Waals surface area contributed by atoms with Crippen LogP contribution in [0.5, 0.6) is 0 Å². The summed E-state index contributed by atoms with van der Waals surface area (Å²) in [6.45, 7) is 9.60. The molecule has 27 heavy (non-hydrogen) atoms. The molecule has 1 amide bonds. The third-order valence-corrected chi connectivity index (χ3v) is 4.81. The molecule has 1 aliphatic rings. The maximum atomic E-state index is 11.9. The minimum Gasteiger partial charge on any atom is -0.469 e. The van der Waals surface area contributed by atoms with Gasteiger partial charge in [0.25, 0.3) is 0 Å². The van der Waals surface area contributed by atoms with Crippen molar-refractivity contribution in [1.29, 1.82) is 0 Å². The van der Waals surface area contributed by atoms with Gasteiger partial charge < -0.3 is 20.0 Å². The zero-order chi connectivity index (χ0) is 19.1. The number of nitrogens with one attached hydrogen (secondary N) is 2. The summed E-state index contributed by atoms with van der Waals surface area (Å²) >= 11 is 0. The normalized spacial score (nSPS) is 20.4. The molecular weight excluding hydrogens is 457 g/mol. The van der Waals surface area contributed by atoms with Crippen LogP contribution >= 0.6 is 24.0 Å². The lowest BCUT2D eigenvalue weighted by Gasteiger charge is -2.22. The molecule has 7 nitrogen and oxygen atoms in total. The van der Waals surface area contributed by atoms with Crippen molar-refractivity contribution >= 4 is 35.8 Å². The van der Waals surface area contributed by atoms with Gasteiger partial charge >= 0.3 is 0 Å². The first kappa shape index (κ1) is 23.7. The molecule has 2 atom stereocenters. The number of hydrogen-bond acceptors (Lipinski definition) is 4. The number of carbonyl (C=O) groups excluding carboxylic acids is 1. The number of carbonyl (C=O) groups is 1. The fourth-order valence-electron chi connectivity index (χ4n) is 2.99. The second-order valence-corrected chi connectivity index (χ2v) is 7.48. The van der Waals surface area contributed by atoms with Crippen LogP contribution < -0.4 is 10.6 Å². The third kappa shape index (κ3) is 7.69. The lowest BCUT2D eigenvalue weighted by atomic mass is 10.1. The zero-order valence-corrected chi connectivity index (χ0v) is 19.4. The highest BCUT2D eigenvalue weighted by atomic mass is 127. The van der Waals surface area contributed by atoms with Crippen molar-refractivity contribution < 1.29 is 9.21 Å². The van der Waals surface area contributed by atoms with E-state index in [9.17, 15) is 4.79 Å². The van der Waals surface area contributed by atoms with Crippen molar-refractivity contribution in [3.63, 3.8) is 0 Å². The van der Waals surface area contributed by atoms with E-state index in [-0.39, 0.29) is 36.4 Å². The summed E-state index contributed by atoms with van der Waals surface area (Å²) in [7, 11) is 3.49. The molecule has 2 rings (SSSR count). The number of aliphatic imine (C=N–C) groups is 1.